The summed E-state index contributed by atoms with van der Waals surface area (Å²) in [4.78, 5) is 0. The highest BCUT2D eigenvalue weighted by molar-refractivity contribution is 6.30. The van der Waals surface area contributed by atoms with Gasteiger partial charge in [0.2, 0.25) is 0 Å². The second-order valence-electron chi connectivity index (χ2n) is 5.82. The van der Waals surface area contributed by atoms with Gasteiger partial charge in [-0.05, 0) is 54.7 Å². The average Bonchev–Trinajstić information content (AvgIpc) is 2.93. The minimum Gasteiger partial charge on any atom is -0.493 e. The molecule has 3 heteroatoms. The van der Waals surface area contributed by atoms with Crippen LogP contribution in [0.25, 0.3) is 0 Å². The Morgan fingerprint density at radius 2 is 2.10 bits per heavy atom. The second-order valence-corrected chi connectivity index (χ2v) is 6.26. The number of halogens is 1. The molecule has 2 aromatic rings. The molecule has 3 rings (SSSR count). The van der Waals surface area contributed by atoms with Gasteiger partial charge in [-0.3, -0.25) is 0 Å². The highest BCUT2D eigenvalue weighted by atomic mass is 35.5. The van der Waals surface area contributed by atoms with Crippen molar-refractivity contribution in [1.29, 1.82) is 0 Å². The van der Waals surface area contributed by atoms with E-state index in [4.69, 9.17) is 16.3 Å². The summed E-state index contributed by atoms with van der Waals surface area (Å²) in [5, 5.41) is 11.3. The first-order valence-corrected chi connectivity index (χ1v) is 7.65. The monoisotopic (exact) mass is 302 g/mol. The normalized spacial score (nSPS) is 16.1. The van der Waals surface area contributed by atoms with E-state index in [0.717, 1.165) is 30.8 Å². The zero-order chi connectivity index (χ0) is 14.9. The van der Waals surface area contributed by atoms with Crippen molar-refractivity contribution >= 4 is 11.6 Å². The van der Waals surface area contributed by atoms with Crippen LogP contribution in [-0.4, -0.2) is 11.7 Å². The lowest BCUT2D eigenvalue weighted by atomic mass is 9.89. The molecule has 1 aliphatic heterocycles. The molecule has 1 unspecified atom stereocenters. The molecule has 0 fully saturated rings. The highest BCUT2D eigenvalue weighted by Gasteiger charge is 2.23. The third kappa shape index (κ3) is 3.22. The van der Waals surface area contributed by atoms with Crippen molar-refractivity contribution in [2.75, 3.05) is 6.61 Å². The third-order valence-electron chi connectivity index (χ3n) is 4.10. The van der Waals surface area contributed by atoms with Gasteiger partial charge in [-0.15, -0.1) is 0 Å². The van der Waals surface area contributed by atoms with E-state index >= 15 is 0 Å². The molecule has 0 amide bonds. The van der Waals surface area contributed by atoms with Gasteiger partial charge in [-0.1, -0.05) is 35.9 Å². The quantitative estimate of drug-likeness (QED) is 0.921. The maximum absolute atomic E-state index is 10.7. The minimum atomic E-state index is -0.875. The van der Waals surface area contributed by atoms with Crippen molar-refractivity contribution in [3.8, 4) is 5.75 Å². The van der Waals surface area contributed by atoms with Crippen molar-refractivity contribution < 1.29 is 9.84 Å². The van der Waals surface area contributed by atoms with Gasteiger partial charge in [0.1, 0.15) is 5.75 Å². The summed E-state index contributed by atoms with van der Waals surface area (Å²) < 4.78 is 5.52. The number of hydrogen-bond donors (Lipinski definition) is 1. The zero-order valence-corrected chi connectivity index (χ0v) is 12.9. The Bertz CT molecular complexity index is 649. The van der Waals surface area contributed by atoms with Gasteiger partial charge in [-0.25, -0.2) is 0 Å². The Morgan fingerprint density at radius 1 is 1.24 bits per heavy atom. The Hall–Kier alpha value is -1.51. The van der Waals surface area contributed by atoms with E-state index in [1.807, 2.05) is 37.3 Å². The Balaban J connectivity index is 1.71. The molecular weight excluding hydrogens is 284 g/mol. The molecule has 0 saturated carbocycles. The number of ether oxygens (including phenoxy) is 1. The third-order valence-corrected chi connectivity index (χ3v) is 4.34. The lowest BCUT2D eigenvalue weighted by Gasteiger charge is -2.24. The maximum atomic E-state index is 10.7. The Kier molecular flexibility index (Phi) is 3.92. The number of aliphatic hydroxyl groups is 1. The number of fused-ring (bicyclic) bond motifs is 1. The van der Waals surface area contributed by atoms with Gasteiger partial charge < -0.3 is 9.84 Å². The standard InChI is InChI=1S/C18H19ClO2/c1-18(20,15-3-2-4-16(19)12-15)9-7-13-5-6-17-14(11-13)8-10-21-17/h2-6,11-12,20H,7-10H2,1H3. The summed E-state index contributed by atoms with van der Waals surface area (Å²) in [7, 11) is 0. The van der Waals surface area contributed by atoms with Gasteiger partial charge in [-0.2, -0.15) is 0 Å². The lowest BCUT2D eigenvalue weighted by Crippen LogP contribution is -2.22. The largest absolute Gasteiger partial charge is 0.493 e. The van der Waals surface area contributed by atoms with Crippen LogP contribution in [0.4, 0.5) is 0 Å². The van der Waals surface area contributed by atoms with Crippen LogP contribution in [0, 0.1) is 0 Å². The Morgan fingerprint density at radius 3 is 2.90 bits per heavy atom. The van der Waals surface area contributed by atoms with E-state index in [0.29, 0.717) is 11.4 Å². The van der Waals surface area contributed by atoms with Crippen LogP contribution >= 0.6 is 11.6 Å². The van der Waals surface area contributed by atoms with Crippen LogP contribution in [0.1, 0.15) is 30.0 Å². The predicted octanol–water partition coefficient (Wildman–Crippen LogP) is 4.12. The van der Waals surface area contributed by atoms with Crippen molar-refractivity contribution in [2.45, 2.75) is 31.8 Å². The van der Waals surface area contributed by atoms with Gasteiger partial charge in [0, 0.05) is 11.4 Å². The first-order valence-electron chi connectivity index (χ1n) is 7.28. The highest BCUT2D eigenvalue weighted by Crippen LogP contribution is 2.30. The molecule has 2 aromatic carbocycles. The zero-order valence-electron chi connectivity index (χ0n) is 12.1. The molecule has 21 heavy (non-hydrogen) atoms. The fraction of sp³-hybridized carbons (Fsp3) is 0.333. The summed E-state index contributed by atoms with van der Waals surface area (Å²) >= 11 is 6.01. The van der Waals surface area contributed by atoms with E-state index < -0.39 is 5.60 Å². The summed E-state index contributed by atoms with van der Waals surface area (Å²) in [6.45, 7) is 2.62. The van der Waals surface area contributed by atoms with Gasteiger partial charge in [0.15, 0.2) is 0 Å². The summed E-state index contributed by atoms with van der Waals surface area (Å²) in [5.74, 6) is 1.00. The van der Waals surface area contributed by atoms with Crippen LogP contribution in [0.5, 0.6) is 5.75 Å². The second kappa shape index (κ2) is 5.70. The van der Waals surface area contributed by atoms with Crippen molar-refractivity contribution in [3.63, 3.8) is 0 Å². The molecule has 110 valence electrons. The van der Waals surface area contributed by atoms with E-state index in [1.165, 1.54) is 11.1 Å². The predicted molar refractivity (Wildman–Crippen MR) is 85.0 cm³/mol. The van der Waals surface area contributed by atoms with Crippen LogP contribution < -0.4 is 4.74 Å². The average molecular weight is 303 g/mol. The fourth-order valence-electron chi connectivity index (χ4n) is 2.75. The van der Waals surface area contributed by atoms with E-state index in [1.54, 1.807) is 0 Å². The van der Waals surface area contributed by atoms with Crippen molar-refractivity contribution in [3.05, 3.63) is 64.2 Å². The van der Waals surface area contributed by atoms with E-state index in [-0.39, 0.29) is 0 Å². The number of aryl methyl sites for hydroxylation is 1. The van der Waals surface area contributed by atoms with Gasteiger partial charge in [0.05, 0.1) is 12.2 Å². The minimum absolute atomic E-state index is 0.655. The molecule has 0 bridgehead atoms. The molecule has 1 aliphatic rings. The molecule has 0 spiro atoms. The topological polar surface area (TPSA) is 29.5 Å². The molecule has 1 N–H and O–H groups in total. The van der Waals surface area contributed by atoms with Crippen LogP contribution in [0.15, 0.2) is 42.5 Å². The van der Waals surface area contributed by atoms with Crippen molar-refractivity contribution in [2.24, 2.45) is 0 Å². The van der Waals surface area contributed by atoms with E-state index in [2.05, 4.69) is 12.1 Å². The van der Waals surface area contributed by atoms with Gasteiger partial charge >= 0.3 is 0 Å². The number of hydrogen-bond acceptors (Lipinski definition) is 2. The van der Waals surface area contributed by atoms with E-state index in [9.17, 15) is 5.11 Å². The molecule has 0 aliphatic carbocycles. The molecule has 0 saturated heterocycles. The van der Waals surface area contributed by atoms with Crippen LogP contribution in [-0.2, 0) is 18.4 Å². The molecule has 1 atom stereocenters. The van der Waals surface area contributed by atoms with Crippen LogP contribution in [0.3, 0.4) is 0 Å². The first-order chi connectivity index (χ1) is 10.0. The molecule has 0 radical (unpaired) electrons. The SMILES string of the molecule is CC(O)(CCc1ccc2c(c1)CCO2)c1cccc(Cl)c1. The van der Waals surface area contributed by atoms with Crippen LogP contribution in [0.2, 0.25) is 5.02 Å². The molecule has 2 nitrogen and oxygen atoms in total. The molecule has 0 aromatic heterocycles. The van der Waals surface area contributed by atoms with Gasteiger partial charge in [0.25, 0.3) is 0 Å². The summed E-state index contributed by atoms with van der Waals surface area (Å²) in [5.41, 5.74) is 2.50. The fourth-order valence-corrected chi connectivity index (χ4v) is 2.94. The number of benzene rings is 2. The first kappa shape index (κ1) is 14.4. The Labute approximate surface area is 130 Å². The summed E-state index contributed by atoms with van der Waals surface area (Å²) in [6.07, 6.45) is 2.47. The molecular formula is C18H19ClO2. The molecule has 1 heterocycles. The smallest absolute Gasteiger partial charge is 0.122 e. The maximum Gasteiger partial charge on any atom is 0.122 e. The number of rotatable bonds is 4. The van der Waals surface area contributed by atoms with Crippen molar-refractivity contribution in [1.82, 2.24) is 0 Å². The summed E-state index contributed by atoms with van der Waals surface area (Å²) in [6, 6.07) is 13.8. The lowest BCUT2D eigenvalue weighted by molar-refractivity contribution is 0.0480.